The molecular formula is C15H24N2O3. The first-order chi connectivity index (χ1) is 9.78. The molecular weight excluding hydrogens is 256 g/mol. The summed E-state index contributed by atoms with van der Waals surface area (Å²) in [6.07, 6.45) is 4.66. The Morgan fingerprint density at radius 1 is 1.35 bits per heavy atom. The maximum absolute atomic E-state index is 5.69. The number of hydrazine groups is 1. The summed E-state index contributed by atoms with van der Waals surface area (Å²) in [7, 11) is 3.27. The van der Waals surface area contributed by atoms with Gasteiger partial charge in [-0.1, -0.05) is 6.07 Å². The molecule has 0 aromatic heterocycles. The molecule has 1 heterocycles. The molecule has 1 saturated heterocycles. The highest BCUT2D eigenvalue weighted by molar-refractivity contribution is 5.43. The van der Waals surface area contributed by atoms with Crippen LogP contribution in [0.4, 0.5) is 0 Å². The Morgan fingerprint density at radius 3 is 2.75 bits per heavy atom. The molecule has 0 aliphatic carbocycles. The minimum absolute atomic E-state index is 0.0963. The average Bonchev–Trinajstić information content (AvgIpc) is 3.01. The van der Waals surface area contributed by atoms with Crippen LogP contribution in [0.25, 0.3) is 0 Å². The van der Waals surface area contributed by atoms with E-state index in [-0.39, 0.29) is 6.04 Å². The zero-order valence-electron chi connectivity index (χ0n) is 12.2. The maximum Gasteiger partial charge on any atom is 0.161 e. The predicted molar refractivity (Wildman–Crippen MR) is 77.8 cm³/mol. The summed E-state index contributed by atoms with van der Waals surface area (Å²) in [5, 5.41) is 0. The molecule has 1 aromatic rings. The molecule has 2 unspecified atom stereocenters. The van der Waals surface area contributed by atoms with Gasteiger partial charge in [-0.2, -0.15) is 0 Å². The summed E-state index contributed by atoms with van der Waals surface area (Å²) in [6.45, 7) is 0.891. The lowest BCUT2D eigenvalue weighted by atomic mass is 9.99. The average molecular weight is 280 g/mol. The Morgan fingerprint density at radius 2 is 2.15 bits per heavy atom. The van der Waals surface area contributed by atoms with Gasteiger partial charge < -0.3 is 14.2 Å². The zero-order valence-corrected chi connectivity index (χ0v) is 12.2. The largest absolute Gasteiger partial charge is 0.493 e. The van der Waals surface area contributed by atoms with E-state index in [1.165, 1.54) is 6.42 Å². The summed E-state index contributed by atoms with van der Waals surface area (Å²) in [6, 6.07) is 5.99. The molecule has 0 spiro atoms. The van der Waals surface area contributed by atoms with Gasteiger partial charge in [0.15, 0.2) is 11.5 Å². The van der Waals surface area contributed by atoms with Gasteiger partial charge in [0.2, 0.25) is 0 Å². The van der Waals surface area contributed by atoms with E-state index in [4.69, 9.17) is 20.1 Å². The summed E-state index contributed by atoms with van der Waals surface area (Å²) in [4.78, 5) is 0. The second kappa shape index (κ2) is 7.47. The molecule has 1 aromatic carbocycles. The quantitative estimate of drug-likeness (QED) is 0.592. The monoisotopic (exact) mass is 280 g/mol. The van der Waals surface area contributed by atoms with Crippen molar-refractivity contribution in [3.05, 3.63) is 23.8 Å². The SMILES string of the molecule is COc1ccc(C(CCC2CCCO2)NN)cc1OC. The first-order valence-corrected chi connectivity index (χ1v) is 7.08. The number of nitrogens with one attached hydrogen (secondary N) is 1. The first-order valence-electron chi connectivity index (χ1n) is 7.08. The summed E-state index contributed by atoms with van der Waals surface area (Å²) in [5.74, 6) is 7.14. The molecule has 1 fully saturated rings. The van der Waals surface area contributed by atoms with Crippen molar-refractivity contribution in [2.24, 2.45) is 5.84 Å². The second-order valence-electron chi connectivity index (χ2n) is 5.05. The summed E-state index contributed by atoms with van der Waals surface area (Å²) < 4.78 is 16.2. The third-order valence-corrected chi connectivity index (χ3v) is 3.81. The highest BCUT2D eigenvalue weighted by atomic mass is 16.5. The number of hydrogen-bond donors (Lipinski definition) is 2. The van der Waals surface area contributed by atoms with Gasteiger partial charge in [-0.05, 0) is 43.4 Å². The fraction of sp³-hybridized carbons (Fsp3) is 0.600. The van der Waals surface area contributed by atoms with Crippen LogP contribution < -0.4 is 20.7 Å². The van der Waals surface area contributed by atoms with Crippen LogP contribution in [0, 0.1) is 0 Å². The standard InChI is InChI=1S/C15H24N2O3/c1-18-14-8-5-11(10-15(14)19-2)13(17-16)7-6-12-4-3-9-20-12/h5,8,10,12-13,17H,3-4,6-7,9,16H2,1-2H3. The molecule has 1 aliphatic heterocycles. The lowest BCUT2D eigenvalue weighted by Gasteiger charge is -2.19. The van der Waals surface area contributed by atoms with E-state index in [1.54, 1.807) is 14.2 Å². The second-order valence-corrected chi connectivity index (χ2v) is 5.05. The van der Waals surface area contributed by atoms with Gasteiger partial charge in [-0.15, -0.1) is 0 Å². The van der Waals surface area contributed by atoms with Gasteiger partial charge in [0.1, 0.15) is 0 Å². The Bertz CT molecular complexity index is 420. The smallest absolute Gasteiger partial charge is 0.161 e. The van der Waals surface area contributed by atoms with Gasteiger partial charge >= 0.3 is 0 Å². The van der Waals surface area contributed by atoms with Crippen molar-refractivity contribution >= 4 is 0 Å². The van der Waals surface area contributed by atoms with E-state index in [2.05, 4.69) is 5.43 Å². The Kier molecular flexibility index (Phi) is 5.64. The molecule has 112 valence electrons. The predicted octanol–water partition coefficient (Wildman–Crippen LogP) is 2.17. The normalized spacial score (nSPS) is 19.9. The molecule has 2 atom stereocenters. The Balaban J connectivity index is 2.02. The van der Waals surface area contributed by atoms with E-state index in [0.717, 1.165) is 42.9 Å². The lowest BCUT2D eigenvalue weighted by molar-refractivity contribution is 0.0996. The fourth-order valence-electron chi connectivity index (χ4n) is 2.64. The fourth-order valence-corrected chi connectivity index (χ4v) is 2.64. The third-order valence-electron chi connectivity index (χ3n) is 3.81. The van der Waals surface area contributed by atoms with E-state index >= 15 is 0 Å². The van der Waals surface area contributed by atoms with Gasteiger partial charge in [-0.3, -0.25) is 11.3 Å². The minimum atomic E-state index is 0.0963. The van der Waals surface area contributed by atoms with Crippen molar-refractivity contribution in [3.8, 4) is 11.5 Å². The van der Waals surface area contributed by atoms with Crippen molar-refractivity contribution < 1.29 is 14.2 Å². The van der Waals surface area contributed by atoms with E-state index in [1.807, 2.05) is 18.2 Å². The van der Waals surface area contributed by atoms with Crippen LogP contribution in [0.3, 0.4) is 0 Å². The molecule has 5 nitrogen and oxygen atoms in total. The molecule has 5 heteroatoms. The highest BCUT2D eigenvalue weighted by Crippen LogP contribution is 2.31. The van der Waals surface area contributed by atoms with Crippen LogP contribution in [0.1, 0.15) is 37.3 Å². The third kappa shape index (κ3) is 3.62. The van der Waals surface area contributed by atoms with Crippen molar-refractivity contribution in [1.29, 1.82) is 0 Å². The first kappa shape index (κ1) is 15.1. The van der Waals surface area contributed by atoms with Crippen LogP contribution in [0.2, 0.25) is 0 Å². The Labute approximate surface area is 120 Å². The van der Waals surface area contributed by atoms with Crippen LogP contribution >= 0.6 is 0 Å². The summed E-state index contributed by atoms with van der Waals surface area (Å²) >= 11 is 0. The molecule has 3 N–H and O–H groups in total. The molecule has 20 heavy (non-hydrogen) atoms. The Hall–Kier alpha value is -1.30. The molecule has 1 aliphatic rings. The van der Waals surface area contributed by atoms with Crippen molar-refractivity contribution in [2.45, 2.75) is 37.8 Å². The van der Waals surface area contributed by atoms with Gasteiger partial charge in [0, 0.05) is 12.6 Å². The van der Waals surface area contributed by atoms with Gasteiger partial charge in [-0.25, -0.2) is 0 Å². The number of hydrogen-bond acceptors (Lipinski definition) is 5. The van der Waals surface area contributed by atoms with Gasteiger partial charge in [0.25, 0.3) is 0 Å². The van der Waals surface area contributed by atoms with Gasteiger partial charge in [0.05, 0.1) is 20.3 Å². The van der Waals surface area contributed by atoms with Crippen molar-refractivity contribution in [2.75, 3.05) is 20.8 Å². The van der Waals surface area contributed by atoms with E-state index in [0.29, 0.717) is 6.10 Å². The maximum atomic E-state index is 5.69. The topological polar surface area (TPSA) is 65.7 Å². The van der Waals surface area contributed by atoms with E-state index < -0.39 is 0 Å². The van der Waals surface area contributed by atoms with Crippen LogP contribution in [0.15, 0.2) is 18.2 Å². The van der Waals surface area contributed by atoms with E-state index in [9.17, 15) is 0 Å². The number of benzene rings is 1. The zero-order chi connectivity index (χ0) is 14.4. The lowest BCUT2D eigenvalue weighted by Crippen LogP contribution is -2.28. The van der Waals surface area contributed by atoms with Crippen molar-refractivity contribution in [3.63, 3.8) is 0 Å². The molecule has 0 radical (unpaired) electrons. The number of nitrogens with two attached hydrogens (primary N) is 1. The molecule has 2 rings (SSSR count). The molecule has 0 saturated carbocycles. The number of ether oxygens (including phenoxy) is 3. The van der Waals surface area contributed by atoms with Crippen molar-refractivity contribution in [1.82, 2.24) is 5.43 Å². The summed E-state index contributed by atoms with van der Waals surface area (Å²) in [5.41, 5.74) is 3.98. The number of methoxy groups -OCH3 is 2. The minimum Gasteiger partial charge on any atom is -0.493 e. The molecule has 0 bridgehead atoms. The van der Waals surface area contributed by atoms with Crippen LogP contribution in [-0.4, -0.2) is 26.9 Å². The van der Waals surface area contributed by atoms with Crippen LogP contribution in [0.5, 0.6) is 11.5 Å². The number of rotatable bonds is 7. The molecule has 0 amide bonds. The van der Waals surface area contributed by atoms with Crippen LogP contribution in [-0.2, 0) is 4.74 Å². The highest BCUT2D eigenvalue weighted by Gasteiger charge is 2.19.